The summed E-state index contributed by atoms with van der Waals surface area (Å²) in [4.78, 5) is 1.41. The molecule has 0 aliphatic carbocycles. The molecule has 0 unspecified atom stereocenters. The van der Waals surface area contributed by atoms with E-state index in [1.165, 1.54) is 6.26 Å². The van der Waals surface area contributed by atoms with Gasteiger partial charge in [0.05, 0.1) is 4.90 Å². The number of rotatable bonds is 2. The molecule has 1 rings (SSSR count). The predicted molar refractivity (Wildman–Crippen MR) is 56.1 cm³/mol. The van der Waals surface area contributed by atoms with Gasteiger partial charge >= 0.3 is 0 Å². The third-order valence-corrected chi connectivity index (χ3v) is 3.80. The molecule has 0 fully saturated rings. The van der Waals surface area contributed by atoms with E-state index in [0.717, 1.165) is 10.5 Å². The second-order valence-electron chi connectivity index (χ2n) is 2.90. The Labute approximate surface area is 83.3 Å². The Morgan fingerprint density at radius 2 is 1.92 bits per heavy atom. The summed E-state index contributed by atoms with van der Waals surface area (Å²) < 4.78 is 22.4. The van der Waals surface area contributed by atoms with E-state index in [-0.39, 0.29) is 0 Å². The Bertz CT molecular complexity index is 408. The van der Waals surface area contributed by atoms with Crippen LogP contribution in [-0.2, 0) is 9.84 Å². The van der Waals surface area contributed by atoms with E-state index in [9.17, 15) is 8.42 Å². The van der Waals surface area contributed by atoms with Gasteiger partial charge in [0.15, 0.2) is 9.84 Å². The van der Waals surface area contributed by atoms with E-state index in [2.05, 4.69) is 0 Å². The molecule has 0 saturated heterocycles. The number of hydrogen-bond acceptors (Lipinski definition) is 3. The number of aryl methyl sites for hydroxylation is 1. The minimum absolute atomic E-state index is 0.391. The van der Waals surface area contributed by atoms with E-state index in [1.54, 1.807) is 23.9 Å². The maximum Gasteiger partial charge on any atom is 0.175 e. The highest BCUT2D eigenvalue weighted by atomic mass is 32.2. The molecule has 1 aromatic rings. The van der Waals surface area contributed by atoms with Crippen molar-refractivity contribution in [1.29, 1.82) is 0 Å². The van der Waals surface area contributed by atoms with E-state index in [4.69, 9.17) is 0 Å². The second-order valence-corrected chi connectivity index (χ2v) is 5.77. The van der Waals surface area contributed by atoms with Crippen LogP contribution in [0.25, 0.3) is 0 Å². The van der Waals surface area contributed by atoms with Gasteiger partial charge in [-0.15, -0.1) is 11.8 Å². The van der Waals surface area contributed by atoms with Gasteiger partial charge < -0.3 is 0 Å². The molecule has 0 aliphatic heterocycles. The molecule has 0 aromatic heterocycles. The summed E-state index contributed by atoms with van der Waals surface area (Å²) in [7, 11) is -3.07. The Hall–Kier alpha value is -0.480. The molecule has 0 spiro atoms. The molecule has 0 bridgehead atoms. The minimum Gasteiger partial charge on any atom is -0.224 e. The van der Waals surface area contributed by atoms with Crippen molar-refractivity contribution in [3.05, 3.63) is 23.8 Å². The zero-order valence-corrected chi connectivity index (χ0v) is 9.50. The van der Waals surface area contributed by atoms with Crippen molar-refractivity contribution in [1.82, 2.24) is 0 Å². The monoisotopic (exact) mass is 216 g/mol. The third kappa shape index (κ3) is 2.48. The Morgan fingerprint density at radius 1 is 1.31 bits per heavy atom. The highest BCUT2D eigenvalue weighted by Gasteiger charge is 2.08. The lowest BCUT2D eigenvalue weighted by atomic mass is 10.2. The lowest BCUT2D eigenvalue weighted by molar-refractivity contribution is 0.601. The molecule has 0 atom stereocenters. The topological polar surface area (TPSA) is 34.1 Å². The van der Waals surface area contributed by atoms with E-state index in [1.807, 2.05) is 19.2 Å². The first-order valence-corrected chi connectivity index (χ1v) is 6.91. The van der Waals surface area contributed by atoms with Crippen molar-refractivity contribution < 1.29 is 8.42 Å². The normalized spacial score (nSPS) is 11.6. The van der Waals surface area contributed by atoms with E-state index in [0.29, 0.717) is 4.90 Å². The zero-order chi connectivity index (χ0) is 10.1. The van der Waals surface area contributed by atoms with Gasteiger partial charge in [-0.05, 0) is 30.9 Å². The van der Waals surface area contributed by atoms with Crippen molar-refractivity contribution in [2.24, 2.45) is 0 Å². The summed E-state index contributed by atoms with van der Waals surface area (Å²) >= 11 is 1.56. The van der Waals surface area contributed by atoms with Crippen LogP contribution in [0, 0.1) is 6.92 Å². The first kappa shape index (κ1) is 10.6. The number of thioether (sulfide) groups is 1. The van der Waals surface area contributed by atoms with Gasteiger partial charge in [0, 0.05) is 11.2 Å². The van der Waals surface area contributed by atoms with Gasteiger partial charge in [0.25, 0.3) is 0 Å². The van der Waals surface area contributed by atoms with E-state index >= 15 is 0 Å². The smallest absolute Gasteiger partial charge is 0.175 e. The van der Waals surface area contributed by atoms with Crippen LogP contribution in [0.3, 0.4) is 0 Å². The molecule has 0 N–H and O–H groups in total. The number of hydrogen-bond donors (Lipinski definition) is 0. The van der Waals surface area contributed by atoms with E-state index < -0.39 is 9.84 Å². The molecular formula is C9H12O2S2. The molecule has 0 saturated carbocycles. The Balaban J connectivity index is 3.30. The SMILES string of the molecule is CSc1cc(S(C)(=O)=O)ccc1C. The highest BCUT2D eigenvalue weighted by Crippen LogP contribution is 2.23. The first-order valence-electron chi connectivity index (χ1n) is 3.80. The number of benzene rings is 1. The van der Waals surface area contributed by atoms with Gasteiger partial charge in [0.1, 0.15) is 0 Å². The molecule has 0 radical (unpaired) electrons. The molecule has 72 valence electrons. The van der Waals surface area contributed by atoms with Gasteiger partial charge in [-0.1, -0.05) is 6.07 Å². The maximum absolute atomic E-state index is 11.2. The average Bonchev–Trinajstić information content (AvgIpc) is 2.03. The van der Waals surface area contributed by atoms with Crippen LogP contribution < -0.4 is 0 Å². The van der Waals surface area contributed by atoms with Crippen molar-refractivity contribution >= 4 is 21.6 Å². The van der Waals surface area contributed by atoms with Crippen molar-refractivity contribution in [3.8, 4) is 0 Å². The summed E-state index contributed by atoms with van der Waals surface area (Å²) in [6, 6.07) is 5.20. The van der Waals surface area contributed by atoms with Crippen LogP contribution in [0.15, 0.2) is 28.0 Å². The lowest BCUT2D eigenvalue weighted by Gasteiger charge is -2.04. The van der Waals surface area contributed by atoms with Crippen LogP contribution in [-0.4, -0.2) is 20.9 Å². The lowest BCUT2D eigenvalue weighted by Crippen LogP contribution is -1.97. The molecule has 13 heavy (non-hydrogen) atoms. The fraction of sp³-hybridized carbons (Fsp3) is 0.333. The van der Waals surface area contributed by atoms with Crippen molar-refractivity contribution in [3.63, 3.8) is 0 Å². The molecule has 0 amide bonds. The van der Waals surface area contributed by atoms with Crippen LogP contribution in [0.5, 0.6) is 0 Å². The largest absolute Gasteiger partial charge is 0.224 e. The standard InChI is InChI=1S/C9H12O2S2/c1-7-4-5-8(13(3,10)11)6-9(7)12-2/h4-6H,1-3H3. The van der Waals surface area contributed by atoms with Gasteiger partial charge in [0.2, 0.25) is 0 Å². The molecule has 1 aromatic carbocycles. The van der Waals surface area contributed by atoms with Crippen LogP contribution in [0.1, 0.15) is 5.56 Å². The maximum atomic E-state index is 11.2. The zero-order valence-electron chi connectivity index (χ0n) is 7.87. The Kier molecular flexibility index (Phi) is 3.03. The van der Waals surface area contributed by atoms with Gasteiger partial charge in [-0.2, -0.15) is 0 Å². The second kappa shape index (κ2) is 3.72. The Morgan fingerprint density at radius 3 is 2.38 bits per heavy atom. The first-order chi connectivity index (χ1) is 5.95. The fourth-order valence-corrected chi connectivity index (χ4v) is 2.39. The van der Waals surface area contributed by atoms with Gasteiger partial charge in [-0.25, -0.2) is 8.42 Å². The average molecular weight is 216 g/mol. The minimum atomic E-state index is -3.07. The van der Waals surface area contributed by atoms with Gasteiger partial charge in [-0.3, -0.25) is 0 Å². The molecule has 4 heteroatoms. The number of sulfone groups is 1. The third-order valence-electron chi connectivity index (χ3n) is 1.81. The van der Waals surface area contributed by atoms with Crippen molar-refractivity contribution in [2.45, 2.75) is 16.7 Å². The van der Waals surface area contributed by atoms with Crippen LogP contribution in [0.4, 0.5) is 0 Å². The van der Waals surface area contributed by atoms with Crippen molar-refractivity contribution in [2.75, 3.05) is 12.5 Å². The fourth-order valence-electron chi connectivity index (χ4n) is 1.03. The molecule has 2 nitrogen and oxygen atoms in total. The van der Waals surface area contributed by atoms with Crippen LogP contribution in [0.2, 0.25) is 0 Å². The summed E-state index contributed by atoms with van der Waals surface area (Å²) in [6.07, 6.45) is 3.16. The summed E-state index contributed by atoms with van der Waals surface area (Å²) in [5.41, 5.74) is 1.11. The highest BCUT2D eigenvalue weighted by molar-refractivity contribution is 7.98. The summed E-state index contributed by atoms with van der Waals surface area (Å²) in [5.74, 6) is 0. The molecule has 0 heterocycles. The molecule has 0 aliphatic rings. The summed E-state index contributed by atoms with van der Waals surface area (Å²) in [6.45, 7) is 1.97. The van der Waals surface area contributed by atoms with Crippen LogP contribution >= 0.6 is 11.8 Å². The molecular weight excluding hydrogens is 204 g/mol. The summed E-state index contributed by atoms with van der Waals surface area (Å²) in [5, 5.41) is 0. The predicted octanol–water partition coefficient (Wildman–Crippen LogP) is 2.12. The quantitative estimate of drug-likeness (QED) is 0.710.